The van der Waals surface area contributed by atoms with E-state index in [-0.39, 0.29) is 0 Å². The zero-order valence-corrected chi connectivity index (χ0v) is 7.21. The summed E-state index contributed by atoms with van der Waals surface area (Å²) >= 11 is 0. The zero-order chi connectivity index (χ0) is 10.6. The predicted octanol–water partition coefficient (Wildman–Crippen LogP) is 0.197. The smallest absolute Gasteiger partial charge is 0.409 e. The molecule has 0 fully saturated rings. The molecule has 0 radical (unpaired) electrons. The molecule has 1 amide bonds. The first-order valence-corrected chi connectivity index (χ1v) is 3.88. The van der Waals surface area contributed by atoms with Crippen LogP contribution in [0.4, 0.5) is 10.5 Å². The van der Waals surface area contributed by atoms with E-state index in [4.69, 9.17) is 15.3 Å². The summed E-state index contributed by atoms with van der Waals surface area (Å²) in [5.74, 6) is 0. The number of amides is 1. The fourth-order valence-electron chi connectivity index (χ4n) is 0.893. The van der Waals surface area contributed by atoms with Gasteiger partial charge < -0.3 is 15.3 Å². The van der Waals surface area contributed by atoms with Gasteiger partial charge in [-0.15, -0.1) is 0 Å². The van der Waals surface area contributed by atoms with Crippen LogP contribution in [-0.4, -0.2) is 33.0 Å². The lowest BCUT2D eigenvalue weighted by Gasteiger charge is -2.06. The van der Waals surface area contributed by atoms with Crippen LogP contribution in [0.1, 0.15) is 11.8 Å². The number of nitrogens with one attached hydrogen (secondary N) is 1. The van der Waals surface area contributed by atoms with Crippen LogP contribution in [0.15, 0.2) is 18.3 Å². The normalized spacial score (nSPS) is 12.1. The number of aromatic nitrogens is 1. The number of pyridine rings is 1. The summed E-state index contributed by atoms with van der Waals surface area (Å²) in [6.07, 6.45) is -0.946. The molecule has 0 saturated heterocycles. The standard InChI is InChI=1S/C8H10N2O4/c11-4-7(12)6-2-1-5(3-9-6)10-8(13)14/h1-3,7,10-12H,4H2,(H,13,14). The first-order valence-electron chi connectivity index (χ1n) is 3.88. The van der Waals surface area contributed by atoms with E-state index < -0.39 is 18.8 Å². The second-order valence-electron chi connectivity index (χ2n) is 2.60. The first-order chi connectivity index (χ1) is 6.63. The Balaban J connectivity index is 2.73. The van der Waals surface area contributed by atoms with Crippen LogP contribution in [0.3, 0.4) is 0 Å². The zero-order valence-electron chi connectivity index (χ0n) is 7.21. The number of carbonyl (C=O) groups is 1. The first kappa shape index (κ1) is 10.4. The van der Waals surface area contributed by atoms with Crippen LogP contribution in [0.2, 0.25) is 0 Å². The summed E-state index contributed by atoms with van der Waals surface area (Å²) in [5, 5.41) is 28.2. The Hall–Kier alpha value is -1.66. The molecular formula is C8H10N2O4. The molecule has 0 aromatic carbocycles. The van der Waals surface area contributed by atoms with Crippen molar-refractivity contribution in [1.29, 1.82) is 0 Å². The number of carboxylic acid groups (broad SMARTS) is 1. The van der Waals surface area contributed by atoms with Gasteiger partial charge in [-0.2, -0.15) is 0 Å². The number of hydrogen-bond donors (Lipinski definition) is 4. The predicted molar refractivity (Wildman–Crippen MR) is 47.9 cm³/mol. The molecule has 0 spiro atoms. The maximum Gasteiger partial charge on any atom is 0.409 e. The number of aliphatic hydroxyl groups is 2. The van der Waals surface area contributed by atoms with Crippen molar-refractivity contribution in [2.24, 2.45) is 0 Å². The van der Waals surface area contributed by atoms with Crippen LogP contribution < -0.4 is 5.32 Å². The number of nitrogens with zero attached hydrogens (tertiary/aromatic N) is 1. The van der Waals surface area contributed by atoms with Crippen molar-refractivity contribution in [3.05, 3.63) is 24.0 Å². The van der Waals surface area contributed by atoms with Crippen LogP contribution in [-0.2, 0) is 0 Å². The van der Waals surface area contributed by atoms with E-state index in [1.807, 2.05) is 0 Å². The second-order valence-corrected chi connectivity index (χ2v) is 2.60. The third-order valence-electron chi connectivity index (χ3n) is 1.55. The summed E-state index contributed by atoms with van der Waals surface area (Å²) < 4.78 is 0. The fourth-order valence-corrected chi connectivity index (χ4v) is 0.893. The molecule has 4 N–H and O–H groups in total. The number of hydrogen-bond acceptors (Lipinski definition) is 4. The van der Waals surface area contributed by atoms with Crippen LogP contribution >= 0.6 is 0 Å². The minimum absolute atomic E-state index is 0.295. The average Bonchev–Trinajstić information content (AvgIpc) is 2.17. The summed E-state index contributed by atoms with van der Waals surface area (Å²) in [6.45, 7) is -0.418. The molecule has 0 aliphatic rings. The number of rotatable bonds is 3. The molecule has 1 rings (SSSR count). The molecule has 76 valence electrons. The van der Waals surface area contributed by atoms with E-state index in [0.29, 0.717) is 11.4 Å². The van der Waals surface area contributed by atoms with Gasteiger partial charge in [0.2, 0.25) is 0 Å². The monoisotopic (exact) mass is 198 g/mol. The summed E-state index contributed by atoms with van der Waals surface area (Å²) in [6, 6.07) is 2.89. The van der Waals surface area contributed by atoms with E-state index in [2.05, 4.69) is 10.3 Å². The van der Waals surface area contributed by atoms with Crippen molar-refractivity contribution in [3.63, 3.8) is 0 Å². The van der Waals surface area contributed by atoms with Crippen molar-refractivity contribution in [2.75, 3.05) is 11.9 Å². The van der Waals surface area contributed by atoms with E-state index >= 15 is 0 Å². The molecule has 6 nitrogen and oxygen atoms in total. The molecule has 14 heavy (non-hydrogen) atoms. The molecule has 1 aromatic rings. The summed E-state index contributed by atoms with van der Waals surface area (Å²) in [4.78, 5) is 14.0. The van der Waals surface area contributed by atoms with Crippen LogP contribution in [0.5, 0.6) is 0 Å². The van der Waals surface area contributed by atoms with E-state index in [1.54, 1.807) is 0 Å². The minimum Gasteiger partial charge on any atom is -0.465 e. The Kier molecular flexibility index (Phi) is 3.38. The molecule has 1 heterocycles. The Labute approximate surface area is 79.8 Å². The Morgan fingerprint density at radius 2 is 2.29 bits per heavy atom. The molecular weight excluding hydrogens is 188 g/mol. The van der Waals surface area contributed by atoms with Gasteiger partial charge in [0.1, 0.15) is 6.10 Å². The van der Waals surface area contributed by atoms with Crippen molar-refractivity contribution in [2.45, 2.75) is 6.10 Å². The van der Waals surface area contributed by atoms with Crippen molar-refractivity contribution in [3.8, 4) is 0 Å². The Morgan fingerprint density at radius 3 is 2.71 bits per heavy atom. The van der Waals surface area contributed by atoms with Crippen LogP contribution in [0, 0.1) is 0 Å². The van der Waals surface area contributed by atoms with Gasteiger partial charge in [-0.05, 0) is 12.1 Å². The quantitative estimate of drug-likeness (QED) is 0.555. The van der Waals surface area contributed by atoms with E-state index in [0.717, 1.165) is 0 Å². The molecule has 0 saturated carbocycles. The van der Waals surface area contributed by atoms with Gasteiger partial charge in [0.25, 0.3) is 0 Å². The largest absolute Gasteiger partial charge is 0.465 e. The van der Waals surface area contributed by atoms with E-state index in [9.17, 15) is 4.79 Å². The van der Waals surface area contributed by atoms with Crippen molar-refractivity contribution < 1.29 is 20.1 Å². The highest BCUT2D eigenvalue weighted by Crippen LogP contribution is 2.12. The molecule has 6 heteroatoms. The van der Waals surface area contributed by atoms with Gasteiger partial charge in [0.05, 0.1) is 24.2 Å². The molecule has 0 aliphatic carbocycles. The molecule has 0 bridgehead atoms. The lowest BCUT2D eigenvalue weighted by atomic mass is 10.2. The second kappa shape index (κ2) is 4.54. The lowest BCUT2D eigenvalue weighted by Crippen LogP contribution is -2.09. The number of aliphatic hydroxyl groups excluding tert-OH is 2. The maximum atomic E-state index is 10.2. The Morgan fingerprint density at radius 1 is 1.57 bits per heavy atom. The number of anilines is 1. The molecule has 1 aromatic heterocycles. The van der Waals surface area contributed by atoms with Crippen molar-refractivity contribution >= 4 is 11.8 Å². The van der Waals surface area contributed by atoms with Crippen molar-refractivity contribution in [1.82, 2.24) is 4.98 Å². The van der Waals surface area contributed by atoms with Gasteiger partial charge >= 0.3 is 6.09 Å². The summed E-state index contributed by atoms with van der Waals surface area (Å²) in [5.41, 5.74) is 0.606. The van der Waals surface area contributed by atoms with Crippen LogP contribution in [0.25, 0.3) is 0 Å². The van der Waals surface area contributed by atoms with Gasteiger partial charge in [-0.1, -0.05) is 0 Å². The highest BCUT2D eigenvalue weighted by atomic mass is 16.4. The fraction of sp³-hybridized carbons (Fsp3) is 0.250. The van der Waals surface area contributed by atoms with E-state index in [1.165, 1.54) is 18.3 Å². The highest BCUT2D eigenvalue weighted by Gasteiger charge is 2.07. The third kappa shape index (κ3) is 2.68. The molecule has 0 aliphatic heterocycles. The average molecular weight is 198 g/mol. The third-order valence-corrected chi connectivity index (χ3v) is 1.55. The highest BCUT2D eigenvalue weighted by molar-refractivity contribution is 5.82. The lowest BCUT2D eigenvalue weighted by molar-refractivity contribution is 0.0923. The summed E-state index contributed by atoms with van der Waals surface area (Å²) in [7, 11) is 0. The topological polar surface area (TPSA) is 103 Å². The van der Waals surface area contributed by atoms with Gasteiger partial charge in [0, 0.05) is 0 Å². The van der Waals surface area contributed by atoms with Gasteiger partial charge in [-0.25, -0.2) is 4.79 Å². The SMILES string of the molecule is O=C(O)Nc1ccc(C(O)CO)nc1. The Bertz CT molecular complexity index is 312. The molecule has 1 atom stereocenters. The maximum absolute atomic E-state index is 10.2. The van der Waals surface area contributed by atoms with Gasteiger partial charge in [0.15, 0.2) is 0 Å². The minimum atomic E-state index is -1.18. The van der Waals surface area contributed by atoms with Gasteiger partial charge in [-0.3, -0.25) is 10.3 Å². The molecule has 1 unspecified atom stereocenters.